The van der Waals surface area contributed by atoms with E-state index in [1.807, 2.05) is 13.0 Å². The molecule has 13 heavy (non-hydrogen) atoms. The summed E-state index contributed by atoms with van der Waals surface area (Å²) in [5.74, 6) is 0.297. The van der Waals surface area contributed by atoms with Gasteiger partial charge >= 0.3 is 0 Å². The number of nitrogens with one attached hydrogen (secondary N) is 2. The number of rotatable bonds is 5. The summed E-state index contributed by atoms with van der Waals surface area (Å²) in [7, 11) is 0. The van der Waals surface area contributed by atoms with Crippen LogP contribution in [0.25, 0.3) is 0 Å². The number of nitrogens with zero attached hydrogens (tertiary/aromatic N) is 1. The summed E-state index contributed by atoms with van der Waals surface area (Å²) in [6.45, 7) is 5.11. The van der Waals surface area contributed by atoms with Crippen molar-refractivity contribution in [1.82, 2.24) is 15.5 Å². The van der Waals surface area contributed by atoms with Gasteiger partial charge in [-0.05, 0) is 18.9 Å². The summed E-state index contributed by atoms with van der Waals surface area (Å²) in [5.41, 5.74) is 1.07. The summed E-state index contributed by atoms with van der Waals surface area (Å²) in [4.78, 5) is 0. The van der Waals surface area contributed by atoms with Crippen molar-refractivity contribution in [3.05, 3.63) is 18.0 Å². The van der Waals surface area contributed by atoms with Crippen LogP contribution in [0.1, 0.15) is 25.6 Å². The molecular formula is C9H17N3O. The molecule has 1 aromatic rings. The zero-order chi connectivity index (χ0) is 9.68. The summed E-state index contributed by atoms with van der Waals surface area (Å²) < 4.78 is 0. The van der Waals surface area contributed by atoms with Gasteiger partial charge in [0.2, 0.25) is 0 Å². The fourth-order valence-corrected chi connectivity index (χ4v) is 1.06. The number of aromatic nitrogens is 2. The Bertz CT molecular complexity index is 223. The quantitative estimate of drug-likeness (QED) is 0.629. The minimum Gasteiger partial charge on any atom is -0.396 e. The van der Waals surface area contributed by atoms with Crippen LogP contribution in [0.4, 0.5) is 0 Å². The van der Waals surface area contributed by atoms with Gasteiger partial charge in [-0.2, -0.15) is 5.10 Å². The van der Waals surface area contributed by atoms with Crippen LogP contribution in [0.15, 0.2) is 12.3 Å². The van der Waals surface area contributed by atoms with Gasteiger partial charge < -0.3 is 10.4 Å². The lowest BCUT2D eigenvalue weighted by atomic mass is 10.1. The number of H-pyrrole nitrogens is 1. The highest BCUT2D eigenvalue weighted by Gasteiger charge is 2.07. The largest absolute Gasteiger partial charge is 0.396 e. The molecule has 0 aliphatic heterocycles. The van der Waals surface area contributed by atoms with Crippen molar-refractivity contribution in [1.29, 1.82) is 0 Å². The van der Waals surface area contributed by atoms with Crippen molar-refractivity contribution < 1.29 is 5.11 Å². The van der Waals surface area contributed by atoms with Gasteiger partial charge in [0.05, 0.1) is 5.69 Å². The predicted octanol–water partition coefficient (Wildman–Crippen LogP) is 0.689. The van der Waals surface area contributed by atoms with E-state index >= 15 is 0 Å². The molecule has 0 saturated heterocycles. The number of hydrogen-bond acceptors (Lipinski definition) is 3. The van der Waals surface area contributed by atoms with Gasteiger partial charge in [0.25, 0.3) is 0 Å². The average molecular weight is 183 g/mol. The van der Waals surface area contributed by atoms with Crippen LogP contribution in [-0.2, 0) is 0 Å². The number of aliphatic hydroxyl groups excluding tert-OH is 1. The van der Waals surface area contributed by atoms with Gasteiger partial charge in [0, 0.05) is 25.4 Å². The highest BCUT2D eigenvalue weighted by Crippen LogP contribution is 2.07. The Balaban J connectivity index is 2.30. The first-order valence-corrected chi connectivity index (χ1v) is 4.57. The molecule has 4 nitrogen and oxygen atoms in total. The van der Waals surface area contributed by atoms with Crippen molar-refractivity contribution in [2.45, 2.75) is 19.9 Å². The molecule has 4 heteroatoms. The second-order valence-electron chi connectivity index (χ2n) is 3.43. The summed E-state index contributed by atoms with van der Waals surface area (Å²) in [5, 5.41) is 18.9. The second kappa shape index (κ2) is 4.99. The number of aromatic amines is 1. The molecule has 2 unspecified atom stereocenters. The minimum atomic E-state index is 0.225. The van der Waals surface area contributed by atoms with Crippen molar-refractivity contribution in [2.24, 2.45) is 5.92 Å². The monoisotopic (exact) mass is 183 g/mol. The summed E-state index contributed by atoms with van der Waals surface area (Å²) in [6, 6.07) is 2.21. The molecular weight excluding hydrogens is 166 g/mol. The standard InChI is InChI=1S/C9H17N3O/c1-7(6-13)5-10-8(2)9-3-4-11-12-9/h3-4,7-8,10,13H,5-6H2,1-2H3,(H,11,12). The van der Waals surface area contributed by atoms with Crippen molar-refractivity contribution >= 4 is 0 Å². The molecule has 0 bridgehead atoms. The zero-order valence-corrected chi connectivity index (χ0v) is 8.12. The predicted molar refractivity (Wildman–Crippen MR) is 51.3 cm³/mol. The molecule has 0 spiro atoms. The summed E-state index contributed by atoms with van der Waals surface area (Å²) in [6.07, 6.45) is 1.74. The minimum absolute atomic E-state index is 0.225. The first-order chi connectivity index (χ1) is 6.24. The van der Waals surface area contributed by atoms with Crippen molar-refractivity contribution in [2.75, 3.05) is 13.2 Å². The molecule has 1 aromatic heterocycles. The molecule has 2 atom stereocenters. The second-order valence-corrected chi connectivity index (χ2v) is 3.43. The lowest BCUT2D eigenvalue weighted by Crippen LogP contribution is -2.26. The lowest BCUT2D eigenvalue weighted by Gasteiger charge is -2.14. The summed E-state index contributed by atoms with van der Waals surface area (Å²) >= 11 is 0. The van der Waals surface area contributed by atoms with E-state index in [2.05, 4.69) is 22.4 Å². The van der Waals surface area contributed by atoms with Gasteiger partial charge in [-0.25, -0.2) is 0 Å². The molecule has 74 valence electrons. The third-order valence-corrected chi connectivity index (χ3v) is 2.07. The molecule has 0 amide bonds. The van der Waals surface area contributed by atoms with E-state index in [0.29, 0.717) is 5.92 Å². The fraction of sp³-hybridized carbons (Fsp3) is 0.667. The van der Waals surface area contributed by atoms with E-state index in [1.165, 1.54) is 0 Å². The van der Waals surface area contributed by atoms with E-state index in [1.54, 1.807) is 6.20 Å². The van der Waals surface area contributed by atoms with E-state index in [-0.39, 0.29) is 12.6 Å². The topological polar surface area (TPSA) is 60.9 Å². The van der Waals surface area contributed by atoms with E-state index in [0.717, 1.165) is 12.2 Å². The first-order valence-electron chi connectivity index (χ1n) is 4.57. The van der Waals surface area contributed by atoms with Crippen LogP contribution in [0, 0.1) is 5.92 Å². The van der Waals surface area contributed by atoms with Crippen molar-refractivity contribution in [3.8, 4) is 0 Å². The highest BCUT2D eigenvalue weighted by molar-refractivity contribution is 5.02. The molecule has 0 radical (unpaired) electrons. The molecule has 0 saturated carbocycles. The van der Waals surface area contributed by atoms with Crippen LogP contribution >= 0.6 is 0 Å². The van der Waals surface area contributed by atoms with Gasteiger partial charge in [0.1, 0.15) is 0 Å². The Kier molecular flexibility index (Phi) is 3.92. The zero-order valence-electron chi connectivity index (χ0n) is 8.12. The first kappa shape index (κ1) is 10.2. The molecule has 0 fully saturated rings. The molecule has 3 N–H and O–H groups in total. The smallest absolute Gasteiger partial charge is 0.0518 e. The maximum atomic E-state index is 8.82. The Morgan fingerprint density at radius 3 is 2.92 bits per heavy atom. The van der Waals surface area contributed by atoms with E-state index in [4.69, 9.17) is 5.11 Å². The Morgan fingerprint density at radius 1 is 1.62 bits per heavy atom. The van der Waals surface area contributed by atoms with Crippen LogP contribution in [0.3, 0.4) is 0 Å². The van der Waals surface area contributed by atoms with Crippen LogP contribution in [-0.4, -0.2) is 28.5 Å². The Hall–Kier alpha value is -0.870. The third kappa shape index (κ3) is 3.16. The van der Waals surface area contributed by atoms with Crippen molar-refractivity contribution in [3.63, 3.8) is 0 Å². The maximum absolute atomic E-state index is 8.82. The van der Waals surface area contributed by atoms with Gasteiger partial charge in [0.15, 0.2) is 0 Å². The molecule has 1 rings (SSSR count). The van der Waals surface area contributed by atoms with Crippen LogP contribution in [0.2, 0.25) is 0 Å². The highest BCUT2D eigenvalue weighted by atomic mass is 16.3. The van der Waals surface area contributed by atoms with Crippen LogP contribution < -0.4 is 5.32 Å². The average Bonchev–Trinajstić information content (AvgIpc) is 2.66. The molecule has 0 aliphatic carbocycles. The number of aliphatic hydroxyl groups is 1. The molecule has 0 aromatic carbocycles. The maximum Gasteiger partial charge on any atom is 0.0518 e. The number of hydrogen-bond donors (Lipinski definition) is 3. The molecule has 1 heterocycles. The lowest BCUT2D eigenvalue weighted by molar-refractivity contribution is 0.230. The normalized spacial score (nSPS) is 15.6. The van der Waals surface area contributed by atoms with E-state index in [9.17, 15) is 0 Å². The fourth-order valence-electron chi connectivity index (χ4n) is 1.06. The van der Waals surface area contributed by atoms with E-state index < -0.39 is 0 Å². The Morgan fingerprint density at radius 2 is 2.38 bits per heavy atom. The van der Waals surface area contributed by atoms with Gasteiger partial charge in [-0.3, -0.25) is 5.10 Å². The SMILES string of the molecule is CC(CO)CNC(C)c1ccn[nH]1. The molecule has 0 aliphatic rings. The van der Waals surface area contributed by atoms with Gasteiger partial charge in [-0.1, -0.05) is 6.92 Å². The van der Waals surface area contributed by atoms with Crippen LogP contribution in [0.5, 0.6) is 0 Å². The van der Waals surface area contributed by atoms with Gasteiger partial charge in [-0.15, -0.1) is 0 Å². The third-order valence-electron chi connectivity index (χ3n) is 2.07. The Labute approximate surface area is 78.4 Å².